The van der Waals surface area contributed by atoms with Gasteiger partial charge in [-0.15, -0.1) is 0 Å². The van der Waals surface area contributed by atoms with E-state index in [0.29, 0.717) is 36.9 Å². The van der Waals surface area contributed by atoms with Crippen LogP contribution < -0.4 is 9.47 Å². The Morgan fingerprint density at radius 3 is 2.32 bits per heavy atom. The number of nitrogens with zero attached hydrogens (tertiary/aromatic N) is 2. The van der Waals surface area contributed by atoms with Crippen LogP contribution in [-0.2, 0) is 0 Å². The van der Waals surface area contributed by atoms with Crippen LogP contribution in [-0.4, -0.2) is 54.5 Å². The zero-order valence-electron chi connectivity index (χ0n) is 17.7. The standard InChI is InChI=1S/C25H28N2O4/c28-24-19-7-1-2-8-20(19)25(29)27(24)14-4-3-12-26-13-5-9-21(26)18-10-11-22-23(17-18)31-16-6-15-30-22/h1-2,7-8,10-11,17,21H,3-6,9,12-16H2. The van der Waals surface area contributed by atoms with Gasteiger partial charge in [0.05, 0.1) is 24.3 Å². The molecule has 3 aliphatic heterocycles. The largest absolute Gasteiger partial charge is 0.490 e. The summed E-state index contributed by atoms with van der Waals surface area (Å²) in [6.07, 6.45) is 4.99. The first kappa shape index (κ1) is 20.1. The van der Waals surface area contributed by atoms with Gasteiger partial charge in [0.1, 0.15) is 0 Å². The van der Waals surface area contributed by atoms with Gasteiger partial charge in [-0.3, -0.25) is 19.4 Å². The van der Waals surface area contributed by atoms with Crippen LogP contribution in [0.3, 0.4) is 0 Å². The molecular formula is C25H28N2O4. The average molecular weight is 421 g/mol. The van der Waals surface area contributed by atoms with Crippen LogP contribution in [0.5, 0.6) is 11.5 Å². The number of hydrogen-bond donors (Lipinski definition) is 0. The lowest BCUT2D eigenvalue weighted by molar-refractivity contribution is 0.0650. The molecule has 1 saturated heterocycles. The molecule has 0 saturated carbocycles. The lowest BCUT2D eigenvalue weighted by Gasteiger charge is -2.25. The Balaban J connectivity index is 1.17. The Hall–Kier alpha value is -2.86. The highest BCUT2D eigenvalue weighted by Crippen LogP contribution is 2.38. The molecule has 6 nitrogen and oxygen atoms in total. The van der Waals surface area contributed by atoms with E-state index in [-0.39, 0.29) is 11.8 Å². The lowest BCUT2D eigenvalue weighted by atomic mass is 10.0. The molecule has 3 heterocycles. The summed E-state index contributed by atoms with van der Waals surface area (Å²) in [4.78, 5) is 28.9. The lowest BCUT2D eigenvalue weighted by Crippen LogP contribution is -2.31. The molecule has 6 heteroatoms. The van der Waals surface area contributed by atoms with Crippen LogP contribution >= 0.6 is 0 Å². The molecule has 0 N–H and O–H groups in total. The molecule has 1 unspecified atom stereocenters. The molecule has 0 aliphatic carbocycles. The molecule has 0 radical (unpaired) electrons. The van der Waals surface area contributed by atoms with Crippen molar-refractivity contribution in [1.29, 1.82) is 0 Å². The van der Waals surface area contributed by atoms with Crippen molar-refractivity contribution in [2.45, 2.75) is 38.1 Å². The topological polar surface area (TPSA) is 59.1 Å². The number of likely N-dealkylation sites (tertiary alicyclic amines) is 1. The smallest absolute Gasteiger partial charge is 0.261 e. The Morgan fingerprint density at radius 2 is 1.55 bits per heavy atom. The number of hydrogen-bond acceptors (Lipinski definition) is 5. The number of rotatable bonds is 6. The molecule has 1 atom stereocenters. The third-order valence-electron chi connectivity index (χ3n) is 6.48. The van der Waals surface area contributed by atoms with Gasteiger partial charge >= 0.3 is 0 Å². The van der Waals surface area contributed by atoms with Crippen LogP contribution in [0.4, 0.5) is 0 Å². The van der Waals surface area contributed by atoms with E-state index in [2.05, 4.69) is 17.0 Å². The number of ether oxygens (including phenoxy) is 2. The van der Waals surface area contributed by atoms with Crippen molar-refractivity contribution in [3.63, 3.8) is 0 Å². The van der Waals surface area contributed by atoms with Gasteiger partial charge in [0.15, 0.2) is 11.5 Å². The number of carbonyl (C=O) groups excluding carboxylic acids is 2. The van der Waals surface area contributed by atoms with E-state index in [1.165, 1.54) is 16.9 Å². The normalized spacial score (nSPS) is 20.8. The summed E-state index contributed by atoms with van der Waals surface area (Å²) >= 11 is 0. The maximum Gasteiger partial charge on any atom is 0.261 e. The van der Waals surface area contributed by atoms with Gasteiger partial charge in [0.25, 0.3) is 11.8 Å². The molecule has 31 heavy (non-hydrogen) atoms. The van der Waals surface area contributed by atoms with Gasteiger partial charge in [0.2, 0.25) is 0 Å². The van der Waals surface area contributed by atoms with E-state index in [9.17, 15) is 9.59 Å². The van der Waals surface area contributed by atoms with Crippen molar-refractivity contribution in [2.24, 2.45) is 0 Å². The van der Waals surface area contributed by atoms with Gasteiger partial charge in [-0.1, -0.05) is 18.2 Å². The number of fused-ring (bicyclic) bond motifs is 2. The highest BCUT2D eigenvalue weighted by Gasteiger charge is 2.34. The van der Waals surface area contributed by atoms with Gasteiger partial charge in [-0.25, -0.2) is 0 Å². The van der Waals surface area contributed by atoms with Gasteiger partial charge in [0, 0.05) is 19.0 Å². The minimum absolute atomic E-state index is 0.160. The SMILES string of the molecule is O=C1c2ccccc2C(=O)N1CCCCN1CCCC1c1ccc2c(c1)OCCCO2. The minimum Gasteiger partial charge on any atom is -0.490 e. The first-order valence-electron chi connectivity index (χ1n) is 11.3. The van der Waals surface area contributed by atoms with E-state index >= 15 is 0 Å². The van der Waals surface area contributed by atoms with Crippen LogP contribution in [0, 0.1) is 0 Å². The highest BCUT2D eigenvalue weighted by atomic mass is 16.5. The molecule has 5 rings (SSSR count). The van der Waals surface area contributed by atoms with Gasteiger partial charge in [-0.2, -0.15) is 0 Å². The number of unbranched alkanes of at least 4 members (excludes halogenated alkanes) is 1. The van der Waals surface area contributed by atoms with Crippen LogP contribution in [0.2, 0.25) is 0 Å². The third-order valence-corrected chi connectivity index (χ3v) is 6.48. The summed E-state index contributed by atoms with van der Waals surface area (Å²) in [5.74, 6) is 1.37. The molecule has 1 fully saturated rings. The maximum atomic E-state index is 12.5. The number of benzene rings is 2. The van der Waals surface area contributed by atoms with Crippen molar-refractivity contribution in [1.82, 2.24) is 9.80 Å². The first-order valence-corrected chi connectivity index (χ1v) is 11.3. The van der Waals surface area contributed by atoms with Crippen molar-refractivity contribution < 1.29 is 19.1 Å². The monoisotopic (exact) mass is 420 g/mol. The zero-order valence-corrected chi connectivity index (χ0v) is 17.7. The van der Waals surface area contributed by atoms with Crippen molar-refractivity contribution in [3.05, 3.63) is 59.2 Å². The van der Waals surface area contributed by atoms with E-state index in [1.807, 2.05) is 6.07 Å². The molecular weight excluding hydrogens is 392 g/mol. The van der Waals surface area contributed by atoms with Gasteiger partial charge < -0.3 is 9.47 Å². The quantitative estimate of drug-likeness (QED) is 0.521. The predicted octanol–water partition coefficient (Wildman–Crippen LogP) is 4.06. The number of amides is 2. The second-order valence-electron chi connectivity index (χ2n) is 8.47. The summed E-state index contributed by atoms with van der Waals surface area (Å²) < 4.78 is 11.6. The van der Waals surface area contributed by atoms with Crippen molar-refractivity contribution in [2.75, 3.05) is 32.8 Å². The van der Waals surface area contributed by atoms with E-state index in [0.717, 1.165) is 50.3 Å². The fraction of sp³-hybridized carbons (Fsp3) is 0.440. The van der Waals surface area contributed by atoms with Gasteiger partial charge in [-0.05, 0) is 68.6 Å². The molecule has 162 valence electrons. The minimum atomic E-state index is -0.160. The van der Waals surface area contributed by atoms with Crippen molar-refractivity contribution >= 4 is 11.8 Å². The molecule has 2 aromatic carbocycles. The summed E-state index contributed by atoms with van der Waals surface area (Å²) in [5, 5.41) is 0. The third kappa shape index (κ3) is 3.92. The Labute approximate surface area is 182 Å². The van der Waals surface area contributed by atoms with Crippen LogP contribution in [0.15, 0.2) is 42.5 Å². The van der Waals surface area contributed by atoms with E-state index in [1.54, 1.807) is 24.3 Å². The summed E-state index contributed by atoms with van der Waals surface area (Å²) in [6.45, 7) is 3.92. The van der Waals surface area contributed by atoms with Crippen molar-refractivity contribution in [3.8, 4) is 11.5 Å². The van der Waals surface area contributed by atoms with Crippen LogP contribution in [0.25, 0.3) is 0 Å². The fourth-order valence-electron chi connectivity index (χ4n) is 4.89. The Bertz CT molecular complexity index is 954. The number of carbonyl (C=O) groups is 2. The van der Waals surface area contributed by atoms with E-state index in [4.69, 9.17) is 9.47 Å². The summed E-state index contributed by atoms with van der Waals surface area (Å²) in [7, 11) is 0. The molecule has 0 spiro atoms. The highest BCUT2D eigenvalue weighted by molar-refractivity contribution is 6.21. The average Bonchev–Trinajstić information content (AvgIpc) is 3.25. The maximum absolute atomic E-state index is 12.5. The fourth-order valence-corrected chi connectivity index (χ4v) is 4.89. The van der Waals surface area contributed by atoms with Crippen LogP contribution in [0.1, 0.15) is 64.4 Å². The first-order chi connectivity index (χ1) is 15.2. The zero-order chi connectivity index (χ0) is 21.2. The Kier molecular flexibility index (Phi) is 5.64. The Morgan fingerprint density at radius 1 is 0.839 bits per heavy atom. The summed E-state index contributed by atoms with van der Waals surface area (Å²) in [6, 6.07) is 13.8. The second-order valence-corrected chi connectivity index (χ2v) is 8.47. The van der Waals surface area contributed by atoms with E-state index < -0.39 is 0 Å². The molecule has 2 amide bonds. The molecule has 0 bridgehead atoms. The second kappa shape index (κ2) is 8.71. The predicted molar refractivity (Wildman–Crippen MR) is 117 cm³/mol. The molecule has 2 aromatic rings. The summed E-state index contributed by atoms with van der Waals surface area (Å²) in [5.41, 5.74) is 2.34. The molecule has 3 aliphatic rings. The number of imide groups is 1. The molecule has 0 aromatic heterocycles.